The van der Waals surface area contributed by atoms with Crippen molar-refractivity contribution in [2.45, 2.75) is 110 Å². The Morgan fingerprint density at radius 2 is 1.47 bits per heavy atom. The zero-order valence-electron chi connectivity index (χ0n) is 19.3. The number of hydrogen-bond acceptors (Lipinski definition) is 0. The summed E-state index contributed by atoms with van der Waals surface area (Å²) in [5.74, 6) is 1.63. The molecule has 0 heterocycles. The molecule has 0 aromatic heterocycles. The third-order valence-corrected chi connectivity index (χ3v) is 7.92. The van der Waals surface area contributed by atoms with E-state index in [1.807, 2.05) is 25.1 Å². The van der Waals surface area contributed by atoms with Crippen LogP contribution in [0.15, 0.2) is 24.3 Å². The Labute approximate surface area is 183 Å². The smallest absolute Gasteiger partial charge is 0.162 e. The Balaban J connectivity index is 1.49. The minimum Gasteiger partial charge on any atom is -0.203 e. The van der Waals surface area contributed by atoms with Crippen molar-refractivity contribution < 1.29 is 8.78 Å². The van der Waals surface area contributed by atoms with Crippen molar-refractivity contribution in [2.24, 2.45) is 17.8 Å². The van der Waals surface area contributed by atoms with E-state index in [1.54, 1.807) is 6.07 Å². The summed E-state index contributed by atoms with van der Waals surface area (Å²) in [6, 6.07) is 3.67. The normalized spacial score (nSPS) is 27.6. The SMILES string of the molecule is CC/C=C\Cc1ccc(C2CCC(C3CCC(CCCCC)CC3)CC2)c(F)c1F. The molecule has 2 heteroatoms. The molecule has 0 amide bonds. The van der Waals surface area contributed by atoms with Crippen LogP contribution in [0.4, 0.5) is 8.78 Å². The van der Waals surface area contributed by atoms with Gasteiger partial charge in [-0.3, -0.25) is 0 Å². The van der Waals surface area contributed by atoms with Gasteiger partial charge in [0.25, 0.3) is 0 Å². The van der Waals surface area contributed by atoms with Gasteiger partial charge in [-0.2, -0.15) is 0 Å². The van der Waals surface area contributed by atoms with Crippen molar-refractivity contribution in [3.8, 4) is 0 Å². The summed E-state index contributed by atoms with van der Waals surface area (Å²) in [6.45, 7) is 4.33. The average molecular weight is 417 g/mol. The van der Waals surface area contributed by atoms with E-state index in [4.69, 9.17) is 0 Å². The summed E-state index contributed by atoms with van der Waals surface area (Å²) >= 11 is 0. The molecular weight excluding hydrogens is 374 g/mol. The largest absolute Gasteiger partial charge is 0.203 e. The number of halogens is 2. The summed E-state index contributed by atoms with van der Waals surface area (Å²) in [6.07, 6.45) is 20.9. The van der Waals surface area contributed by atoms with E-state index in [-0.39, 0.29) is 5.92 Å². The number of rotatable bonds is 9. The molecule has 30 heavy (non-hydrogen) atoms. The Hall–Kier alpha value is -1.18. The van der Waals surface area contributed by atoms with Crippen molar-refractivity contribution in [1.29, 1.82) is 0 Å². The molecule has 1 aromatic carbocycles. The first kappa shape index (κ1) is 23.5. The molecule has 3 rings (SSSR count). The van der Waals surface area contributed by atoms with Crippen LogP contribution in [0, 0.1) is 29.4 Å². The van der Waals surface area contributed by atoms with Crippen molar-refractivity contribution in [2.75, 3.05) is 0 Å². The topological polar surface area (TPSA) is 0 Å². The molecule has 0 saturated heterocycles. The second kappa shape index (κ2) is 12.0. The van der Waals surface area contributed by atoms with Gasteiger partial charge in [0.1, 0.15) is 0 Å². The summed E-state index contributed by atoms with van der Waals surface area (Å²) in [5, 5.41) is 0. The van der Waals surface area contributed by atoms with Crippen LogP contribution in [0.2, 0.25) is 0 Å². The highest BCUT2D eigenvalue weighted by molar-refractivity contribution is 5.30. The lowest BCUT2D eigenvalue weighted by Crippen LogP contribution is -2.25. The molecule has 2 saturated carbocycles. The third kappa shape index (κ3) is 6.17. The van der Waals surface area contributed by atoms with E-state index in [0.717, 1.165) is 37.0 Å². The van der Waals surface area contributed by atoms with E-state index in [0.29, 0.717) is 17.5 Å². The predicted octanol–water partition coefficient (Wildman–Crippen LogP) is 9.13. The maximum Gasteiger partial charge on any atom is 0.162 e. The summed E-state index contributed by atoms with van der Waals surface area (Å²) < 4.78 is 29.3. The molecule has 0 nitrogen and oxygen atoms in total. The second-order valence-corrected chi connectivity index (χ2v) is 9.91. The van der Waals surface area contributed by atoms with Gasteiger partial charge in [0.05, 0.1) is 0 Å². The molecule has 2 aliphatic rings. The highest BCUT2D eigenvalue weighted by atomic mass is 19.2. The van der Waals surface area contributed by atoms with Gasteiger partial charge in [-0.1, -0.05) is 76.7 Å². The van der Waals surface area contributed by atoms with Gasteiger partial charge in [0.2, 0.25) is 0 Å². The number of unbranched alkanes of at least 4 members (excludes halogenated alkanes) is 2. The van der Waals surface area contributed by atoms with Crippen LogP contribution in [0.5, 0.6) is 0 Å². The minimum absolute atomic E-state index is 0.196. The zero-order chi connectivity index (χ0) is 21.3. The molecule has 2 aliphatic carbocycles. The first-order chi connectivity index (χ1) is 14.6. The van der Waals surface area contributed by atoms with Crippen LogP contribution in [-0.4, -0.2) is 0 Å². The molecule has 0 bridgehead atoms. The molecular formula is C28H42F2. The van der Waals surface area contributed by atoms with Gasteiger partial charge >= 0.3 is 0 Å². The van der Waals surface area contributed by atoms with E-state index in [9.17, 15) is 8.78 Å². The average Bonchev–Trinajstić information content (AvgIpc) is 2.78. The molecule has 1 aromatic rings. The summed E-state index contributed by atoms with van der Waals surface area (Å²) in [5.41, 5.74) is 1.10. The van der Waals surface area contributed by atoms with Gasteiger partial charge in [0, 0.05) is 0 Å². The van der Waals surface area contributed by atoms with Crippen molar-refractivity contribution in [3.05, 3.63) is 47.0 Å². The van der Waals surface area contributed by atoms with Gasteiger partial charge in [-0.25, -0.2) is 8.78 Å². The Morgan fingerprint density at radius 3 is 2.10 bits per heavy atom. The van der Waals surface area contributed by atoms with E-state index < -0.39 is 11.6 Å². The molecule has 2 fully saturated rings. The van der Waals surface area contributed by atoms with E-state index in [2.05, 4.69) is 6.92 Å². The Morgan fingerprint density at radius 1 is 0.800 bits per heavy atom. The molecule has 0 N–H and O–H groups in total. The lowest BCUT2D eigenvalue weighted by molar-refractivity contribution is 0.155. The van der Waals surface area contributed by atoms with Crippen LogP contribution in [0.25, 0.3) is 0 Å². The lowest BCUT2D eigenvalue weighted by Gasteiger charge is -2.38. The van der Waals surface area contributed by atoms with Crippen molar-refractivity contribution >= 4 is 0 Å². The summed E-state index contributed by atoms with van der Waals surface area (Å²) in [7, 11) is 0. The fourth-order valence-electron chi connectivity index (χ4n) is 5.99. The van der Waals surface area contributed by atoms with Gasteiger partial charge in [0.15, 0.2) is 11.6 Å². The van der Waals surface area contributed by atoms with E-state index >= 15 is 0 Å². The predicted molar refractivity (Wildman–Crippen MR) is 124 cm³/mol. The number of hydrogen-bond donors (Lipinski definition) is 0. The van der Waals surface area contributed by atoms with Crippen LogP contribution >= 0.6 is 0 Å². The Bertz CT molecular complexity index is 661. The third-order valence-electron chi connectivity index (χ3n) is 7.92. The monoisotopic (exact) mass is 416 g/mol. The number of allylic oxidation sites excluding steroid dienone is 2. The Kier molecular flexibility index (Phi) is 9.40. The lowest BCUT2D eigenvalue weighted by atomic mass is 9.68. The second-order valence-electron chi connectivity index (χ2n) is 9.91. The molecule has 0 radical (unpaired) electrons. The van der Waals surface area contributed by atoms with E-state index in [1.165, 1.54) is 64.2 Å². The van der Waals surface area contributed by atoms with Crippen LogP contribution in [-0.2, 0) is 6.42 Å². The van der Waals surface area contributed by atoms with Crippen LogP contribution < -0.4 is 0 Å². The molecule has 0 unspecified atom stereocenters. The van der Waals surface area contributed by atoms with Crippen LogP contribution in [0.1, 0.15) is 114 Å². The number of benzene rings is 1. The van der Waals surface area contributed by atoms with Gasteiger partial charge in [-0.15, -0.1) is 0 Å². The molecule has 0 spiro atoms. The van der Waals surface area contributed by atoms with Crippen molar-refractivity contribution in [3.63, 3.8) is 0 Å². The fraction of sp³-hybridized carbons (Fsp3) is 0.714. The first-order valence-electron chi connectivity index (χ1n) is 12.8. The maximum atomic E-state index is 14.8. The minimum atomic E-state index is -0.628. The first-order valence-corrected chi connectivity index (χ1v) is 12.8. The highest BCUT2D eigenvalue weighted by Crippen LogP contribution is 2.45. The summed E-state index contributed by atoms with van der Waals surface area (Å²) in [4.78, 5) is 0. The highest BCUT2D eigenvalue weighted by Gasteiger charge is 2.32. The standard InChI is InChI=1S/C28H42F2/c1-3-5-7-9-21-11-13-22(14-12-21)23-15-17-24(18-16-23)26-20-19-25(10-8-6-4-2)27(29)28(26)30/h6,8,19-24H,3-5,7,9-18H2,1-2H3/b8-6-. The van der Waals surface area contributed by atoms with Gasteiger partial charge in [-0.05, 0) is 86.2 Å². The zero-order valence-corrected chi connectivity index (χ0v) is 19.3. The quantitative estimate of drug-likeness (QED) is 0.278. The van der Waals surface area contributed by atoms with Crippen LogP contribution in [0.3, 0.4) is 0 Å². The molecule has 0 atom stereocenters. The fourth-order valence-corrected chi connectivity index (χ4v) is 5.99. The van der Waals surface area contributed by atoms with Crippen molar-refractivity contribution in [1.82, 2.24) is 0 Å². The maximum absolute atomic E-state index is 14.8. The molecule has 168 valence electrons. The molecule has 0 aliphatic heterocycles. The van der Waals surface area contributed by atoms with Gasteiger partial charge < -0.3 is 0 Å².